The highest BCUT2D eigenvalue weighted by molar-refractivity contribution is 6.42. The van der Waals surface area contributed by atoms with Crippen LogP contribution < -0.4 is 4.74 Å². The predicted octanol–water partition coefficient (Wildman–Crippen LogP) is 4.53. The molecule has 0 saturated carbocycles. The van der Waals surface area contributed by atoms with Crippen LogP contribution in [0.25, 0.3) is 0 Å². The highest BCUT2D eigenvalue weighted by atomic mass is 35.5. The quantitative estimate of drug-likeness (QED) is 0.609. The van der Waals surface area contributed by atoms with Gasteiger partial charge in [-0.1, -0.05) is 34.8 Å². The van der Waals surface area contributed by atoms with Gasteiger partial charge in [-0.15, -0.1) is 0 Å². The number of hydrogen-bond acceptors (Lipinski definition) is 4. The topological polar surface area (TPSA) is 65.3 Å². The van der Waals surface area contributed by atoms with Crippen LogP contribution in [0.15, 0.2) is 30.5 Å². The van der Waals surface area contributed by atoms with E-state index in [0.29, 0.717) is 10.7 Å². The van der Waals surface area contributed by atoms with Crippen LogP contribution in [-0.2, 0) is 6.61 Å². The Morgan fingerprint density at radius 2 is 1.90 bits per heavy atom. The van der Waals surface area contributed by atoms with Crippen molar-refractivity contribution in [2.24, 2.45) is 0 Å². The van der Waals surface area contributed by atoms with Gasteiger partial charge in [0.25, 0.3) is 0 Å². The lowest BCUT2D eigenvalue weighted by molar-refractivity contribution is -0.385. The van der Waals surface area contributed by atoms with Gasteiger partial charge < -0.3 is 4.74 Å². The van der Waals surface area contributed by atoms with Crippen molar-refractivity contribution in [1.82, 2.24) is 4.98 Å². The smallest absolute Gasteiger partial charge is 0.312 e. The average Bonchev–Trinajstić information content (AvgIpc) is 2.39. The van der Waals surface area contributed by atoms with Crippen LogP contribution in [0.5, 0.6) is 5.75 Å². The third-order valence-corrected chi connectivity index (χ3v) is 3.31. The number of nitrogens with zero attached hydrogens (tertiary/aromatic N) is 2. The molecule has 2 rings (SSSR count). The monoisotopic (exact) mass is 332 g/mol. The molecule has 104 valence electrons. The second-order valence-corrected chi connectivity index (χ2v) is 5.00. The summed E-state index contributed by atoms with van der Waals surface area (Å²) in [7, 11) is 0. The van der Waals surface area contributed by atoms with Gasteiger partial charge in [-0.3, -0.25) is 15.1 Å². The Labute approximate surface area is 129 Å². The molecule has 0 fully saturated rings. The molecule has 0 unspecified atom stereocenters. The number of ether oxygens (including phenoxy) is 1. The first-order chi connectivity index (χ1) is 9.47. The zero-order valence-electron chi connectivity index (χ0n) is 9.85. The minimum Gasteiger partial charge on any atom is -0.480 e. The lowest BCUT2D eigenvalue weighted by Gasteiger charge is -2.07. The Bertz CT molecular complexity index is 664. The molecule has 0 aliphatic heterocycles. The number of rotatable bonds is 4. The summed E-state index contributed by atoms with van der Waals surface area (Å²) in [5, 5.41) is 11.7. The summed E-state index contributed by atoms with van der Waals surface area (Å²) >= 11 is 17.4. The molecular formula is C12H7Cl3N2O3. The van der Waals surface area contributed by atoms with Crippen molar-refractivity contribution in [2.45, 2.75) is 6.61 Å². The van der Waals surface area contributed by atoms with Crippen LogP contribution in [0.2, 0.25) is 15.1 Å². The number of halogens is 3. The van der Waals surface area contributed by atoms with Crippen molar-refractivity contribution < 1.29 is 9.66 Å². The summed E-state index contributed by atoms with van der Waals surface area (Å²) in [6.45, 7) is 0.0271. The fourth-order valence-corrected chi connectivity index (χ4v) is 1.95. The highest BCUT2D eigenvalue weighted by Crippen LogP contribution is 2.36. The van der Waals surface area contributed by atoms with E-state index < -0.39 is 4.92 Å². The van der Waals surface area contributed by atoms with E-state index in [2.05, 4.69) is 4.98 Å². The number of nitro groups is 1. The van der Waals surface area contributed by atoms with E-state index in [1.54, 1.807) is 12.1 Å². The highest BCUT2D eigenvalue weighted by Gasteiger charge is 2.18. The Kier molecular flexibility index (Phi) is 4.65. The Morgan fingerprint density at radius 3 is 2.55 bits per heavy atom. The van der Waals surface area contributed by atoms with Crippen molar-refractivity contribution in [3.05, 3.63) is 61.3 Å². The van der Waals surface area contributed by atoms with Gasteiger partial charge in [0, 0.05) is 23.4 Å². The van der Waals surface area contributed by atoms with E-state index in [0.717, 1.165) is 6.07 Å². The van der Waals surface area contributed by atoms with Gasteiger partial charge in [-0.25, -0.2) is 0 Å². The Balaban J connectivity index is 2.24. The van der Waals surface area contributed by atoms with Crippen molar-refractivity contribution in [2.75, 3.05) is 0 Å². The zero-order valence-corrected chi connectivity index (χ0v) is 12.1. The van der Waals surface area contributed by atoms with Crippen molar-refractivity contribution in [1.29, 1.82) is 0 Å². The van der Waals surface area contributed by atoms with Gasteiger partial charge in [0.2, 0.25) is 0 Å². The van der Waals surface area contributed by atoms with Crippen LogP contribution >= 0.6 is 34.8 Å². The molecule has 1 aromatic heterocycles. The van der Waals surface area contributed by atoms with Gasteiger partial charge in [0.05, 0.1) is 20.7 Å². The fourth-order valence-electron chi connectivity index (χ4n) is 1.46. The molecular weight excluding hydrogens is 327 g/mol. The SMILES string of the molecule is O=[N+]([O-])c1cc(Cl)c(Cl)cc1OCc1cc(Cl)ccn1. The fraction of sp³-hybridized carbons (Fsp3) is 0.0833. The molecule has 0 aliphatic carbocycles. The van der Waals surface area contributed by atoms with Crippen LogP contribution in [0.4, 0.5) is 5.69 Å². The van der Waals surface area contributed by atoms with Crippen LogP contribution in [0.1, 0.15) is 5.69 Å². The molecule has 0 spiro atoms. The molecule has 0 amide bonds. The molecule has 0 N–H and O–H groups in total. The molecule has 0 saturated heterocycles. The van der Waals surface area contributed by atoms with E-state index in [1.807, 2.05) is 0 Å². The minimum absolute atomic E-state index is 0.0196. The zero-order chi connectivity index (χ0) is 14.7. The van der Waals surface area contributed by atoms with E-state index >= 15 is 0 Å². The first kappa shape index (κ1) is 14.8. The first-order valence-electron chi connectivity index (χ1n) is 5.34. The second kappa shape index (κ2) is 6.26. The number of aromatic nitrogens is 1. The average molecular weight is 334 g/mol. The summed E-state index contributed by atoms with van der Waals surface area (Å²) in [6.07, 6.45) is 1.52. The second-order valence-electron chi connectivity index (χ2n) is 3.75. The molecule has 0 atom stereocenters. The standard InChI is InChI=1S/C12H7Cl3N2O3/c13-7-1-2-16-8(3-7)6-20-12-5-10(15)9(14)4-11(12)17(18)19/h1-5H,6H2. The van der Waals surface area contributed by atoms with E-state index in [-0.39, 0.29) is 28.1 Å². The molecule has 8 heteroatoms. The molecule has 1 aromatic carbocycles. The van der Waals surface area contributed by atoms with Gasteiger partial charge in [0.1, 0.15) is 6.61 Å². The van der Waals surface area contributed by atoms with Crippen LogP contribution in [0, 0.1) is 10.1 Å². The Morgan fingerprint density at radius 1 is 1.20 bits per heavy atom. The summed E-state index contributed by atoms with van der Waals surface area (Å²) in [5.74, 6) is 0.0196. The van der Waals surface area contributed by atoms with Gasteiger partial charge >= 0.3 is 5.69 Å². The lowest BCUT2D eigenvalue weighted by Crippen LogP contribution is -2.01. The predicted molar refractivity (Wildman–Crippen MR) is 76.7 cm³/mol. The largest absolute Gasteiger partial charge is 0.480 e. The van der Waals surface area contributed by atoms with Gasteiger partial charge in [-0.05, 0) is 12.1 Å². The van der Waals surface area contributed by atoms with Crippen molar-refractivity contribution in [3.8, 4) is 5.75 Å². The van der Waals surface area contributed by atoms with Gasteiger partial charge in [0.15, 0.2) is 5.75 Å². The lowest BCUT2D eigenvalue weighted by atomic mass is 10.3. The molecule has 5 nitrogen and oxygen atoms in total. The molecule has 20 heavy (non-hydrogen) atoms. The summed E-state index contributed by atoms with van der Waals surface area (Å²) in [4.78, 5) is 14.4. The van der Waals surface area contributed by atoms with Crippen molar-refractivity contribution >= 4 is 40.5 Å². The van der Waals surface area contributed by atoms with E-state index in [1.165, 1.54) is 12.3 Å². The molecule has 1 heterocycles. The molecule has 0 aliphatic rings. The maximum atomic E-state index is 10.9. The normalized spacial score (nSPS) is 10.3. The van der Waals surface area contributed by atoms with E-state index in [4.69, 9.17) is 39.5 Å². The van der Waals surface area contributed by atoms with Crippen LogP contribution in [-0.4, -0.2) is 9.91 Å². The molecule has 0 radical (unpaired) electrons. The summed E-state index contributed by atoms with van der Waals surface area (Å²) in [5.41, 5.74) is 0.277. The number of benzene rings is 1. The number of pyridine rings is 1. The first-order valence-corrected chi connectivity index (χ1v) is 6.47. The molecule has 2 aromatic rings. The van der Waals surface area contributed by atoms with Crippen LogP contribution in [0.3, 0.4) is 0 Å². The van der Waals surface area contributed by atoms with Gasteiger partial charge in [-0.2, -0.15) is 0 Å². The summed E-state index contributed by atoms with van der Waals surface area (Å²) < 4.78 is 5.37. The minimum atomic E-state index is -0.594. The maximum absolute atomic E-state index is 10.9. The number of hydrogen-bond donors (Lipinski definition) is 0. The number of nitro benzene ring substituents is 1. The van der Waals surface area contributed by atoms with E-state index in [9.17, 15) is 10.1 Å². The third-order valence-electron chi connectivity index (χ3n) is 2.35. The maximum Gasteiger partial charge on any atom is 0.312 e. The third kappa shape index (κ3) is 3.50. The Hall–Kier alpha value is -1.56. The summed E-state index contributed by atoms with van der Waals surface area (Å²) in [6, 6.07) is 5.66. The van der Waals surface area contributed by atoms with Crippen molar-refractivity contribution in [3.63, 3.8) is 0 Å². The molecule has 0 bridgehead atoms.